The van der Waals surface area contributed by atoms with Crippen molar-refractivity contribution in [3.05, 3.63) is 54.2 Å². The highest BCUT2D eigenvalue weighted by atomic mass is 32.2. The number of nitrogens with one attached hydrogen (secondary N) is 8. The Morgan fingerprint density at radius 1 is 0.857 bits per heavy atom. The fourth-order valence-corrected chi connectivity index (χ4v) is 8.90. The summed E-state index contributed by atoms with van der Waals surface area (Å²) in [5, 5.41) is 59.6. The number of aliphatic hydroxyl groups is 4. The van der Waals surface area contributed by atoms with Crippen LogP contribution in [0, 0.1) is 0 Å². The number of aromatic amines is 2. The van der Waals surface area contributed by atoms with E-state index >= 15 is 0 Å². The number of oxime groups is 1. The number of rotatable bonds is 28. The summed E-state index contributed by atoms with van der Waals surface area (Å²) < 4.78 is 5.21. The van der Waals surface area contributed by atoms with Crippen LogP contribution in [0.15, 0.2) is 53.1 Å². The smallest absolute Gasteiger partial charge is 0.266 e. The molecule has 2 aliphatic heterocycles. The standard InChI is InChI=1S/C47H69N15O14S/c1-23(39(48)68)56-42(71)32(17-26-19-51-22-54-26)61-41(70)29(10-6-13-52-47(49)50)59-43(72)31(16-25-18-53-28-9-5-4-8-27(25)28)60-40(69)24(2)57-44(73)33-11-7-14-62(33)45(74)30(12-15-77-3)58-35(64)20-55-76-46-38(67)37(66)36(65)34(21-63)75-46/h4-5,8-9,18-20,22-24,29-34,36-38,46,53,63,65-67H,6-7,10-17,21H2,1-3H3,(H2,48,68)(H,51,54)(H,56,71)(H,57,73)(H,58,64)(H,59,72)(H,60,69)(H,61,70)(H4,49,50,52)/b55-20+/t23-,24-,29-,30-,31-,32-,33-,34+,36-,37-,38+,46+/m0/s1. The number of aliphatic imine (C=N–C) groups is 1. The third-order valence-electron chi connectivity index (χ3n) is 12.7. The number of aromatic nitrogens is 3. The number of H-pyrrole nitrogens is 2. The molecule has 2 aliphatic rings. The molecule has 30 heteroatoms. The Balaban J connectivity index is 1.30. The average molecular weight is 1100 g/mol. The van der Waals surface area contributed by atoms with Gasteiger partial charge in [0.1, 0.15) is 72.9 Å². The molecular formula is C47H69N15O14S. The number of guanidine groups is 1. The monoisotopic (exact) mass is 1100 g/mol. The summed E-state index contributed by atoms with van der Waals surface area (Å²) in [6.07, 6.45) is -0.596. The fourth-order valence-electron chi connectivity index (χ4n) is 8.43. The van der Waals surface area contributed by atoms with Gasteiger partial charge in [0.15, 0.2) is 5.96 Å². The lowest BCUT2D eigenvalue weighted by atomic mass is 9.99. The van der Waals surface area contributed by atoms with E-state index in [1.54, 1.807) is 18.5 Å². The Morgan fingerprint density at radius 3 is 2.23 bits per heavy atom. The quantitative estimate of drug-likeness (QED) is 0.0140. The first-order valence-electron chi connectivity index (χ1n) is 24.7. The van der Waals surface area contributed by atoms with Gasteiger partial charge < -0.3 is 94.0 Å². The third kappa shape index (κ3) is 17.3. The minimum Gasteiger partial charge on any atom is -0.394 e. The number of fused-ring (bicyclic) bond motifs is 1. The van der Waals surface area contributed by atoms with Gasteiger partial charge in [-0.25, -0.2) is 4.98 Å². The number of carbonyl (C=O) groups excluding carboxylic acids is 8. The van der Waals surface area contributed by atoms with Crippen LogP contribution in [0.3, 0.4) is 0 Å². The number of nitrogens with two attached hydrogens (primary N) is 3. The van der Waals surface area contributed by atoms with Crippen molar-refractivity contribution in [1.82, 2.24) is 51.8 Å². The van der Waals surface area contributed by atoms with Crippen molar-refractivity contribution in [3.8, 4) is 0 Å². The van der Waals surface area contributed by atoms with Crippen LogP contribution in [0.1, 0.15) is 57.2 Å². The maximum atomic E-state index is 14.5. The van der Waals surface area contributed by atoms with Crippen LogP contribution in [-0.4, -0.2) is 204 Å². The van der Waals surface area contributed by atoms with Gasteiger partial charge in [0.25, 0.3) is 12.2 Å². The number of hydrogen-bond acceptors (Lipinski definition) is 18. The van der Waals surface area contributed by atoms with Crippen molar-refractivity contribution in [3.63, 3.8) is 0 Å². The molecule has 0 aliphatic carbocycles. The van der Waals surface area contributed by atoms with Crippen molar-refractivity contribution in [2.45, 2.75) is 132 Å². The summed E-state index contributed by atoms with van der Waals surface area (Å²) in [5.74, 6) is -6.03. The Bertz CT molecular complexity index is 2560. The first kappa shape index (κ1) is 60.5. The molecule has 0 spiro atoms. The van der Waals surface area contributed by atoms with Crippen LogP contribution < -0.4 is 49.1 Å². The lowest BCUT2D eigenvalue weighted by Crippen LogP contribution is -2.60. The predicted octanol–water partition coefficient (Wildman–Crippen LogP) is -5.29. The number of carbonyl (C=O) groups is 8. The number of ether oxygens (including phenoxy) is 1. The average Bonchev–Trinajstić information content (AvgIpc) is 4.20. The third-order valence-corrected chi connectivity index (χ3v) is 13.4. The molecule has 2 saturated heterocycles. The summed E-state index contributed by atoms with van der Waals surface area (Å²) >= 11 is 1.39. The number of para-hydroxylation sites is 1. The molecular weight excluding hydrogens is 1030 g/mol. The number of primary amides is 1. The van der Waals surface area contributed by atoms with Crippen molar-refractivity contribution >= 4 is 82.1 Å². The minimum absolute atomic E-state index is 0.0570. The van der Waals surface area contributed by atoms with Crippen LogP contribution in [0.2, 0.25) is 0 Å². The number of nitrogens with zero attached hydrogens (tertiary/aromatic N) is 4. The SMILES string of the molecule is CSCC[C@H](NC(=O)/C=N/O[C@H]1O[C@H](CO)[C@H](O)[C@H](O)[C@H]1O)C(=O)N1CCC[C@H]1C(=O)N[C@@H](C)C(=O)N[C@@H](Cc1c[nH]c2ccccc12)C(=O)N[C@@H](CCCN=C(N)N)C(=O)N[C@@H](Cc1cnc[nH]1)C(=O)N[C@@H](C)C(N)=O. The van der Waals surface area contributed by atoms with Crippen LogP contribution >= 0.6 is 11.8 Å². The van der Waals surface area contributed by atoms with Gasteiger partial charge in [-0.3, -0.25) is 43.3 Å². The molecule has 8 amide bonds. The summed E-state index contributed by atoms with van der Waals surface area (Å²) in [6.45, 7) is 2.22. The van der Waals surface area contributed by atoms with Crippen molar-refractivity contribution in [2.75, 3.05) is 31.7 Å². The Morgan fingerprint density at radius 2 is 1.55 bits per heavy atom. The van der Waals surface area contributed by atoms with E-state index in [1.807, 2.05) is 18.2 Å². The molecule has 18 N–H and O–H groups in total. The maximum absolute atomic E-state index is 14.5. The molecule has 29 nitrogen and oxygen atoms in total. The van der Waals surface area contributed by atoms with Crippen LogP contribution in [0.25, 0.3) is 10.9 Å². The van der Waals surface area contributed by atoms with Crippen LogP contribution in [0.4, 0.5) is 0 Å². The van der Waals surface area contributed by atoms with E-state index in [1.165, 1.54) is 43.0 Å². The molecule has 0 radical (unpaired) electrons. The van der Waals surface area contributed by atoms with Gasteiger partial charge in [-0.2, -0.15) is 11.8 Å². The fraction of sp³-hybridized carbons (Fsp3) is 0.553. The molecule has 0 unspecified atom stereocenters. The molecule has 5 rings (SSSR count). The number of amides is 8. The van der Waals surface area contributed by atoms with Gasteiger partial charge in [0.2, 0.25) is 41.4 Å². The summed E-state index contributed by atoms with van der Waals surface area (Å²) in [5.41, 5.74) is 18.2. The second kappa shape index (κ2) is 29.2. The Hall–Kier alpha value is -7.38. The summed E-state index contributed by atoms with van der Waals surface area (Å²) in [7, 11) is 0. The number of imidazole rings is 1. The predicted molar refractivity (Wildman–Crippen MR) is 277 cm³/mol. The molecule has 77 heavy (non-hydrogen) atoms. The van der Waals surface area contributed by atoms with Gasteiger partial charge >= 0.3 is 0 Å². The van der Waals surface area contributed by atoms with Crippen molar-refractivity contribution in [2.24, 2.45) is 27.3 Å². The zero-order valence-corrected chi connectivity index (χ0v) is 43.4. The Kier molecular flexibility index (Phi) is 23.0. The highest BCUT2D eigenvalue weighted by molar-refractivity contribution is 7.98. The normalized spacial score (nSPS) is 21.6. The van der Waals surface area contributed by atoms with Crippen molar-refractivity contribution in [1.29, 1.82) is 0 Å². The molecule has 2 fully saturated rings. The molecule has 12 atom stereocenters. The first-order chi connectivity index (χ1) is 36.7. The number of thioether (sulfide) groups is 1. The van der Waals surface area contributed by atoms with Gasteiger partial charge in [0.05, 0.1) is 12.9 Å². The van der Waals surface area contributed by atoms with E-state index in [2.05, 4.69) is 57.0 Å². The van der Waals surface area contributed by atoms with Crippen molar-refractivity contribution < 1.29 is 68.4 Å². The number of hydrogen-bond donors (Lipinski definition) is 15. The first-order valence-corrected chi connectivity index (χ1v) is 26.1. The lowest BCUT2D eigenvalue weighted by Gasteiger charge is -2.38. The van der Waals surface area contributed by atoms with Gasteiger partial charge in [-0.05, 0) is 69.6 Å². The molecule has 0 bridgehead atoms. The molecule has 0 saturated carbocycles. The number of aliphatic hydroxyl groups excluding tert-OH is 4. The van der Waals surface area contributed by atoms with Gasteiger partial charge in [-0.15, -0.1) is 0 Å². The van der Waals surface area contributed by atoms with Gasteiger partial charge in [0, 0.05) is 54.9 Å². The highest BCUT2D eigenvalue weighted by Gasteiger charge is 2.45. The minimum atomic E-state index is -1.79. The van der Waals surface area contributed by atoms with Gasteiger partial charge in [-0.1, -0.05) is 23.4 Å². The lowest BCUT2D eigenvalue weighted by molar-refractivity contribution is -0.301. The maximum Gasteiger partial charge on any atom is 0.266 e. The number of benzene rings is 1. The van der Waals surface area contributed by atoms with E-state index < -0.39 is 127 Å². The van der Waals surface area contributed by atoms with Crippen LogP contribution in [0.5, 0.6) is 0 Å². The van der Waals surface area contributed by atoms with E-state index in [9.17, 15) is 58.8 Å². The second-order valence-corrected chi connectivity index (χ2v) is 19.4. The van der Waals surface area contributed by atoms with E-state index in [0.29, 0.717) is 29.6 Å². The molecule has 2 aromatic heterocycles. The highest BCUT2D eigenvalue weighted by Crippen LogP contribution is 2.24. The largest absolute Gasteiger partial charge is 0.394 e. The molecule has 4 heterocycles. The molecule has 3 aromatic rings. The van der Waals surface area contributed by atoms with Crippen LogP contribution in [-0.2, 0) is 60.8 Å². The molecule has 1 aromatic carbocycles. The molecule has 422 valence electrons. The topological polar surface area (TPSA) is 459 Å². The van der Waals surface area contributed by atoms with E-state index in [-0.39, 0.29) is 57.6 Å². The summed E-state index contributed by atoms with van der Waals surface area (Å²) in [6, 6.07) is -1.44. The van der Waals surface area contributed by atoms with E-state index in [0.717, 1.165) is 10.9 Å². The zero-order valence-electron chi connectivity index (χ0n) is 42.6. The number of likely N-dealkylation sites (tertiary alicyclic amines) is 1. The van der Waals surface area contributed by atoms with E-state index in [4.69, 9.17) is 26.8 Å². The Labute approximate surface area is 446 Å². The summed E-state index contributed by atoms with van der Waals surface area (Å²) in [4.78, 5) is 129. The second-order valence-electron chi connectivity index (χ2n) is 18.4. The zero-order chi connectivity index (χ0) is 56.3.